The maximum Gasteiger partial charge on any atom is 1.00 e. The van der Waals surface area contributed by atoms with E-state index in [0.717, 1.165) is 5.92 Å². The van der Waals surface area contributed by atoms with E-state index in [1.807, 2.05) is 0 Å². The summed E-state index contributed by atoms with van der Waals surface area (Å²) in [6.07, 6.45) is 19.0. The first-order chi connectivity index (χ1) is 11.9. The molecule has 0 heterocycles. The summed E-state index contributed by atoms with van der Waals surface area (Å²) in [4.78, 5) is 18.9. The van der Waals surface area contributed by atoms with E-state index in [-0.39, 0.29) is 29.6 Å². The van der Waals surface area contributed by atoms with Crippen LogP contribution in [0.1, 0.15) is 110 Å². The van der Waals surface area contributed by atoms with Gasteiger partial charge in [-0.3, -0.25) is 9.59 Å². The molecule has 1 unspecified atom stereocenters. The van der Waals surface area contributed by atoms with Gasteiger partial charge in [0.1, 0.15) is 6.42 Å². The second kappa shape index (κ2) is 24.9. The number of unbranched alkanes of at least 4 members (excludes halogenated alkanes) is 10. The molecule has 0 aliphatic rings. The molecule has 0 fully saturated rings. The van der Waals surface area contributed by atoms with Gasteiger partial charge in [0.25, 0.3) is 0 Å². The van der Waals surface area contributed by atoms with Crippen molar-refractivity contribution in [2.45, 2.75) is 110 Å². The van der Waals surface area contributed by atoms with Crippen molar-refractivity contribution in [2.24, 2.45) is 5.92 Å². The van der Waals surface area contributed by atoms with Crippen molar-refractivity contribution in [3.8, 4) is 0 Å². The SMILES string of the molecule is O=C(O)CC(=O)O.[CH2-]C(CCCC)CCCCCCCCCCCC.[Na+]. The molecule has 0 aliphatic heterocycles. The van der Waals surface area contributed by atoms with Crippen molar-refractivity contribution >= 4 is 11.9 Å². The fraction of sp³-hybridized carbons (Fsp3) is 0.857. The Bertz CT molecular complexity index is 296. The van der Waals surface area contributed by atoms with Crippen LogP contribution in [0.2, 0.25) is 0 Å². The number of carboxylic acid groups (broad SMARTS) is 2. The second-order valence-electron chi connectivity index (χ2n) is 6.94. The van der Waals surface area contributed by atoms with E-state index >= 15 is 0 Å². The molecule has 0 rings (SSSR count). The Morgan fingerprint density at radius 1 is 0.692 bits per heavy atom. The third-order valence-corrected chi connectivity index (χ3v) is 4.23. The molecular formula is C21H41NaO4. The van der Waals surface area contributed by atoms with E-state index in [1.165, 1.54) is 89.9 Å². The van der Waals surface area contributed by atoms with Crippen molar-refractivity contribution in [1.82, 2.24) is 0 Å². The van der Waals surface area contributed by atoms with Crippen molar-refractivity contribution in [3.05, 3.63) is 6.92 Å². The summed E-state index contributed by atoms with van der Waals surface area (Å²) in [5.74, 6) is -1.90. The zero-order chi connectivity index (χ0) is 19.3. The van der Waals surface area contributed by atoms with Crippen LogP contribution >= 0.6 is 0 Å². The minimum absolute atomic E-state index is 0. The summed E-state index contributed by atoms with van der Waals surface area (Å²) in [5.41, 5.74) is 0. The molecule has 0 bridgehead atoms. The van der Waals surface area contributed by atoms with Gasteiger partial charge in [0.05, 0.1) is 0 Å². The Hall–Kier alpha value is -0.0600. The fourth-order valence-corrected chi connectivity index (χ4v) is 2.69. The van der Waals surface area contributed by atoms with E-state index in [2.05, 4.69) is 20.8 Å². The maximum absolute atomic E-state index is 9.43. The summed E-state index contributed by atoms with van der Waals surface area (Å²) >= 11 is 0. The van der Waals surface area contributed by atoms with Gasteiger partial charge in [-0.15, -0.1) is 0 Å². The quantitative estimate of drug-likeness (QED) is 0.186. The topological polar surface area (TPSA) is 74.6 Å². The van der Waals surface area contributed by atoms with Gasteiger partial charge in [-0.1, -0.05) is 104 Å². The molecule has 0 radical (unpaired) electrons. The number of aliphatic carboxylic acids is 2. The Morgan fingerprint density at radius 2 is 1.04 bits per heavy atom. The first-order valence-electron chi connectivity index (χ1n) is 10.2. The average Bonchev–Trinajstić information content (AvgIpc) is 2.54. The maximum atomic E-state index is 9.43. The number of rotatable bonds is 16. The monoisotopic (exact) mass is 380 g/mol. The van der Waals surface area contributed by atoms with Crippen LogP contribution in [0.3, 0.4) is 0 Å². The van der Waals surface area contributed by atoms with E-state index in [1.54, 1.807) is 0 Å². The summed E-state index contributed by atoms with van der Waals surface area (Å²) in [5, 5.41) is 15.4. The summed E-state index contributed by atoms with van der Waals surface area (Å²) in [6.45, 7) is 8.81. The Morgan fingerprint density at radius 3 is 1.38 bits per heavy atom. The van der Waals surface area contributed by atoms with E-state index in [9.17, 15) is 9.59 Å². The minimum Gasteiger partial charge on any atom is -0.481 e. The largest absolute Gasteiger partial charge is 1.00 e. The van der Waals surface area contributed by atoms with E-state index in [0.29, 0.717) is 0 Å². The number of hydrogen-bond acceptors (Lipinski definition) is 2. The second-order valence-corrected chi connectivity index (χ2v) is 6.94. The van der Waals surface area contributed by atoms with Gasteiger partial charge >= 0.3 is 41.5 Å². The van der Waals surface area contributed by atoms with Gasteiger partial charge < -0.3 is 17.1 Å². The molecule has 0 amide bonds. The molecule has 1 atom stereocenters. The molecule has 0 aromatic heterocycles. The van der Waals surface area contributed by atoms with Crippen LogP contribution < -0.4 is 29.6 Å². The molecule has 0 aliphatic carbocycles. The van der Waals surface area contributed by atoms with Crippen LogP contribution in [0, 0.1) is 12.8 Å². The normalized spacial score (nSPS) is 11.0. The summed E-state index contributed by atoms with van der Waals surface area (Å²) < 4.78 is 0. The molecule has 5 heteroatoms. The third-order valence-electron chi connectivity index (χ3n) is 4.23. The number of carboxylic acids is 2. The summed E-state index contributed by atoms with van der Waals surface area (Å²) in [6, 6.07) is 0. The third kappa shape index (κ3) is 31.7. The average molecular weight is 381 g/mol. The predicted molar refractivity (Wildman–Crippen MR) is 105 cm³/mol. The van der Waals surface area contributed by atoms with Crippen LogP contribution in [-0.2, 0) is 9.59 Å². The van der Waals surface area contributed by atoms with E-state index in [4.69, 9.17) is 10.2 Å². The van der Waals surface area contributed by atoms with Gasteiger partial charge in [0.15, 0.2) is 0 Å². The standard InChI is InChI=1S/C18H37.C3H4O4.Na/c1-4-6-8-9-10-11-12-13-14-15-17-18(3)16-7-5-2;4-2(5)1-3(6)7;/h18H,3-17H2,1-2H3;1H2,(H,4,5)(H,6,7);/q-1;;+1. The van der Waals surface area contributed by atoms with Gasteiger partial charge in [0.2, 0.25) is 0 Å². The van der Waals surface area contributed by atoms with Crippen molar-refractivity contribution < 1.29 is 49.4 Å². The van der Waals surface area contributed by atoms with Gasteiger partial charge in [-0.2, -0.15) is 5.92 Å². The molecular weight excluding hydrogens is 339 g/mol. The molecule has 0 aromatic rings. The molecule has 2 N–H and O–H groups in total. The number of carbonyl (C=O) groups is 2. The van der Waals surface area contributed by atoms with Gasteiger partial charge in [-0.05, 0) is 0 Å². The molecule has 26 heavy (non-hydrogen) atoms. The van der Waals surface area contributed by atoms with Crippen LogP contribution in [0.15, 0.2) is 0 Å². The van der Waals surface area contributed by atoms with Gasteiger partial charge in [0, 0.05) is 0 Å². The molecule has 4 nitrogen and oxygen atoms in total. The van der Waals surface area contributed by atoms with Crippen LogP contribution in [0.5, 0.6) is 0 Å². The van der Waals surface area contributed by atoms with Crippen LogP contribution in [0.25, 0.3) is 0 Å². The van der Waals surface area contributed by atoms with Crippen LogP contribution in [-0.4, -0.2) is 22.2 Å². The Balaban J connectivity index is -0.000000561. The fourth-order valence-electron chi connectivity index (χ4n) is 2.69. The first kappa shape index (κ1) is 30.7. The van der Waals surface area contributed by atoms with E-state index < -0.39 is 18.4 Å². The Kier molecular flexibility index (Phi) is 29.4. The van der Waals surface area contributed by atoms with Crippen molar-refractivity contribution in [1.29, 1.82) is 0 Å². The zero-order valence-corrected chi connectivity index (χ0v) is 19.6. The zero-order valence-electron chi connectivity index (χ0n) is 17.6. The predicted octanol–water partition coefficient (Wildman–Crippen LogP) is 3.49. The smallest absolute Gasteiger partial charge is 0.481 e. The van der Waals surface area contributed by atoms with Crippen LogP contribution in [0.4, 0.5) is 0 Å². The molecule has 0 aromatic carbocycles. The minimum atomic E-state index is -1.31. The Labute approximate surface area is 183 Å². The molecule has 0 saturated heterocycles. The molecule has 150 valence electrons. The van der Waals surface area contributed by atoms with Crippen molar-refractivity contribution in [3.63, 3.8) is 0 Å². The summed E-state index contributed by atoms with van der Waals surface area (Å²) in [7, 11) is 0. The van der Waals surface area contributed by atoms with Gasteiger partial charge in [-0.25, -0.2) is 0 Å². The molecule has 0 saturated carbocycles. The van der Waals surface area contributed by atoms with Crippen molar-refractivity contribution in [2.75, 3.05) is 0 Å². The number of hydrogen-bond donors (Lipinski definition) is 2. The molecule has 0 spiro atoms. The first-order valence-corrected chi connectivity index (χ1v) is 10.2.